The van der Waals surface area contributed by atoms with Crippen molar-refractivity contribution >= 4 is 27.6 Å². The largest absolute Gasteiger partial charge is 0.454 e. The molecule has 2 aliphatic heterocycles. The van der Waals surface area contributed by atoms with Gasteiger partial charge >= 0.3 is 5.97 Å². The zero-order chi connectivity index (χ0) is 23.6. The molecule has 2 heterocycles. The average molecular weight is 472 g/mol. The topological polar surface area (TPSA) is 96.0 Å². The summed E-state index contributed by atoms with van der Waals surface area (Å²) in [6, 6.07) is 12.6. The van der Waals surface area contributed by atoms with Gasteiger partial charge in [0.05, 0.1) is 11.8 Å². The zero-order valence-corrected chi connectivity index (χ0v) is 19.7. The lowest BCUT2D eigenvalue weighted by Crippen LogP contribution is -2.48. The van der Waals surface area contributed by atoms with Crippen LogP contribution in [0.4, 0.5) is 5.69 Å². The van der Waals surface area contributed by atoms with Gasteiger partial charge in [0.15, 0.2) is 0 Å². The van der Waals surface area contributed by atoms with E-state index in [4.69, 9.17) is 4.74 Å². The number of nitrogens with zero attached hydrogens (tertiary/aromatic N) is 2. The molecule has 0 spiro atoms. The number of ether oxygens (including phenoxy) is 1. The van der Waals surface area contributed by atoms with E-state index in [0.29, 0.717) is 30.8 Å². The Bertz CT molecular complexity index is 1140. The fraction of sp³-hybridized carbons (Fsp3) is 0.417. The van der Waals surface area contributed by atoms with Crippen LogP contribution in [0.1, 0.15) is 50.8 Å². The Labute approximate surface area is 194 Å². The Kier molecular flexibility index (Phi) is 6.71. The fourth-order valence-corrected chi connectivity index (χ4v) is 4.87. The number of amides is 1. The van der Waals surface area contributed by atoms with Crippen molar-refractivity contribution in [2.24, 2.45) is 0 Å². The molecule has 0 aromatic heterocycles. The van der Waals surface area contributed by atoms with Crippen molar-refractivity contribution in [2.45, 2.75) is 25.9 Å². The van der Waals surface area contributed by atoms with Crippen LogP contribution in [0, 0.1) is 6.92 Å². The minimum absolute atomic E-state index is 0.0776. The van der Waals surface area contributed by atoms with Gasteiger partial charge in [-0.2, -0.15) is 0 Å². The number of cyclic esters (lactones) is 1. The number of esters is 1. The molecule has 1 amide bonds. The Balaban J connectivity index is 1.25. The third-order valence-corrected chi connectivity index (χ3v) is 6.68. The molecule has 1 N–H and O–H groups in total. The first-order valence-electron chi connectivity index (χ1n) is 11.1. The van der Waals surface area contributed by atoms with Gasteiger partial charge in [0, 0.05) is 43.0 Å². The number of aryl methyl sites for hydroxylation is 1. The van der Waals surface area contributed by atoms with E-state index in [0.717, 1.165) is 49.0 Å². The number of nitrogens with one attached hydrogen (secondary N) is 1. The highest BCUT2D eigenvalue weighted by Gasteiger charge is 2.31. The molecular weight excluding hydrogens is 442 g/mol. The Morgan fingerprint density at radius 1 is 1.09 bits per heavy atom. The summed E-state index contributed by atoms with van der Waals surface area (Å²) in [5.74, 6) is -0.343. The lowest BCUT2D eigenvalue weighted by Gasteiger charge is -2.35. The molecule has 1 saturated heterocycles. The lowest BCUT2D eigenvalue weighted by atomic mass is 10.0. The Morgan fingerprint density at radius 3 is 2.45 bits per heavy atom. The number of carbonyl (C=O) groups is 2. The molecule has 176 valence electrons. The molecule has 1 atom stereocenters. The van der Waals surface area contributed by atoms with E-state index in [1.165, 1.54) is 6.07 Å². The van der Waals surface area contributed by atoms with Gasteiger partial charge in [-0.3, -0.25) is 14.4 Å². The molecule has 0 bridgehead atoms. The SMILES string of the molecule is Cc1ccc(C(=O)N2CCN(CCCC3OC(=O)c4cc(NS(C)(=O)=O)ccc43)CC2)cc1. The van der Waals surface area contributed by atoms with Crippen LogP contribution in [0.25, 0.3) is 0 Å². The van der Waals surface area contributed by atoms with Crippen LogP contribution < -0.4 is 4.72 Å². The zero-order valence-electron chi connectivity index (χ0n) is 18.9. The van der Waals surface area contributed by atoms with Gasteiger partial charge in [-0.25, -0.2) is 13.2 Å². The summed E-state index contributed by atoms with van der Waals surface area (Å²) in [4.78, 5) is 29.2. The van der Waals surface area contributed by atoms with E-state index in [9.17, 15) is 18.0 Å². The summed E-state index contributed by atoms with van der Waals surface area (Å²) in [5, 5.41) is 0. The van der Waals surface area contributed by atoms with Gasteiger partial charge in [-0.05, 0) is 50.6 Å². The van der Waals surface area contributed by atoms with Crippen molar-refractivity contribution in [2.75, 3.05) is 43.7 Å². The van der Waals surface area contributed by atoms with Crippen LogP contribution in [0.15, 0.2) is 42.5 Å². The maximum atomic E-state index is 12.7. The highest BCUT2D eigenvalue weighted by atomic mass is 32.2. The van der Waals surface area contributed by atoms with Crippen LogP contribution in [0.2, 0.25) is 0 Å². The number of hydrogen-bond donors (Lipinski definition) is 1. The third kappa shape index (κ3) is 5.72. The van der Waals surface area contributed by atoms with E-state index in [1.807, 2.05) is 36.1 Å². The normalized spacial score (nSPS) is 18.7. The predicted octanol–water partition coefficient (Wildman–Crippen LogP) is 2.82. The van der Waals surface area contributed by atoms with Crippen molar-refractivity contribution in [1.82, 2.24) is 9.80 Å². The van der Waals surface area contributed by atoms with E-state index in [-0.39, 0.29) is 12.0 Å². The number of hydrogen-bond acceptors (Lipinski definition) is 6. The minimum atomic E-state index is -3.41. The van der Waals surface area contributed by atoms with E-state index in [1.54, 1.807) is 12.1 Å². The summed E-state index contributed by atoms with van der Waals surface area (Å²) in [5.41, 5.74) is 3.43. The summed E-state index contributed by atoms with van der Waals surface area (Å²) >= 11 is 0. The van der Waals surface area contributed by atoms with Crippen molar-refractivity contribution in [3.8, 4) is 0 Å². The van der Waals surface area contributed by atoms with Crippen molar-refractivity contribution in [1.29, 1.82) is 0 Å². The number of fused-ring (bicyclic) bond motifs is 1. The number of benzene rings is 2. The third-order valence-electron chi connectivity index (χ3n) is 6.07. The molecule has 8 nitrogen and oxygen atoms in total. The first-order valence-corrected chi connectivity index (χ1v) is 13.0. The van der Waals surface area contributed by atoms with E-state index < -0.39 is 16.0 Å². The minimum Gasteiger partial charge on any atom is -0.454 e. The highest BCUT2D eigenvalue weighted by Crippen LogP contribution is 2.35. The van der Waals surface area contributed by atoms with Crippen LogP contribution in [-0.4, -0.2) is 69.1 Å². The molecule has 2 aromatic rings. The second-order valence-electron chi connectivity index (χ2n) is 8.71. The summed E-state index contributed by atoms with van der Waals surface area (Å²) in [7, 11) is -3.41. The van der Waals surface area contributed by atoms with Gasteiger partial charge < -0.3 is 9.64 Å². The first-order chi connectivity index (χ1) is 15.7. The molecule has 33 heavy (non-hydrogen) atoms. The summed E-state index contributed by atoms with van der Waals surface area (Å²) < 4.78 is 30.8. The van der Waals surface area contributed by atoms with Crippen LogP contribution >= 0.6 is 0 Å². The number of sulfonamides is 1. The first kappa shape index (κ1) is 23.3. The fourth-order valence-electron chi connectivity index (χ4n) is 4.32. The summed E-state index contributed by atoms with van der Waals surface area (Å²) in [6.45, 7) is 5.90. The molecule has 0 aliphatic carbocycles. The quantitative estimate of drug-likeness (QED) is 0.624. The molecule has 2 aliphatic rings. The second-order valence-corrected chi connectivity index (χ2v) is 10.5. The monoisotopic (exact) mass is 471 g/mol. The molecule has 1 fully saturated rings. The van der Waals surface area contributed by atoms with Gasteiger partial charge in [-0.1, -0.05) is 23.8 Å². The molecule has 2 aromatic carbocycles. The van der Waals surface area contributed by atoms with Crippen LogP contribution in [0.3, 0.4) is 0 Å². The average Bonchev–Trinajstić information content (AvgIpc) is 3.08. The maximum absolute atomic E-state index is 12.7. The molecule has 1 unspecified atom stereocenters. The Hall–Kier alpha value is -2.91. The van der Waals surface area contributed by atoms with Gasteiger partial charge in [0.1, 0.15) is 6.10 Å². The van der Waals surface area contributed by atoms with E-state index in [2.05, 4.69) is 9.62 Å². The van der Waals surface area contributed by atoms with Crippen LogP contribution in [0.5, 0.6) is 0 Å². The van der Waals surface area contributed by atoms with Gasteiger partial charge in [0.25, 0.3) is 5.91 Å². The lowest BCUT2D eigenvalue weighted by molar-refractivity contribution is 0.0353. The second kappa shape index (κ2) is 9.52. The van der Waals surface area contributed by atoms with Gasteiger partial charge in [0.2, 0.25) is 10.0 Å². The smallest absolute Gasteiger partial charge is 0.339 e. The molecular formula is C24H29N3O5S. The molecule has 0 radical (unpaired) electrons. The predicted molar refractivity (Wildman–Crippen MR) is 126 cm³/mol. The number of piperazine rings is 1. The molecule has 9 heteroatoms. The van der Waals surface area contributed by atoms with Gasteiger partial charge in [-0.15, -0.1) is 0 Å². The van der Waals surface area contributed by atoms with Crippen LogP contribution in [-0.2, 0) is 14.8 Å². The summed E-state index contributed by atoms with van der Waals surface area (Å²) in [6.07, 6.45) is 2.30. The molecule has 0 saturated carbocycles. The number of anilines is 1. The Morgan fingerprint density at radius 2 is 1.79 bits per heavy atom. The van der Waals surface area contributed by atoms with Crippen molar-refractivity contribution < 1.29 is 22.7 Å². The van der Waals surface area contributed by atoms with Crippen molar-refractivity contribution in [3.63, 3.8) is 0 Å². The van der Waals surface area contributed by atoms with Crippen molar-refractivity contribution in [3.05, 3.63) is 64.7 Å². The van der Waals surface area contributed by atoms with E-state index >= 15 is 0 Å². The maximum Gasteiger partial charge on any atom is 0.339 e. The number of carbonyl (C=O) groups excluding carboxylic acids is 2. The number of rotatable bonds is 7. The highest BCUT2D eigenvalue weighted by molar-refractivity contribution is 7.92. The standard InChI is InChI=1S/C24H29N3O5S/c1-17-5-7-18(8-6-17)23(28)27-14-12-26(13-15-27)11-3-4-22-20-10-9-19(25-33(2,30)31)16-21(20)24(29)32-22/h5-10,16,22,25H,3-4,11-15H2,1-2H3. The molecule has 4 rings (SSSR count).